The van der Waals surface area contributed by atoms with Crippen LogP contribution in [0.25, 0.3) is 22.3 Å². The van der Waals surface area contributed by atoms with Crippen molar-refractivity contribution in [3.05, 3.63) is 65.6 Å². The van der Waals surface area contributed by atoms with Gasteiger partial charge in [-0.25, -0.2) is 18.7 Å². The lowest BCUT2D eigenvalue weighted by Crippen LogP contribution is -2.33. The number of halogens is 2. The Morgan fingerprint density at radius 3 is 2.81 bits per heavy atom. The maximum absolute atomic E-state index is 15.1. The van der Waals surface area contributed by atoms with Crippen molar-refractivity contribution >= 4 is 22.4 Å². The number of hydrogen-bond acceptors (Lipinski definition) is 6. The number of aryl methyl sites for hydroxylation is 1. The quantitative estimate of drug-likeness (QED) is 0.365. The van der Waals surface area contributed by atoms with Crippen LogP contribution < -0.4 is 9.64 Å². The maximum Gasteiger partial charge on any atom is 0.185 e. The average Bonchev–Trinajstić information content (AvgIpc) is 3.60. The zero-order chi connectivity index (χ0) is 25.0. The van der Waals surface area contributed by atoms with E-state index in [1.165, 1.54) is 44.0 Å². The van der Waals surface area contributed by atoms with Crippen molar-refractivity contribution in [2.45, 2.75) is 31.7 Å². The molecule has 9 heteroatoms. The molecule has 2 atom stereocenters. The van der Waals surface area contributed by atoms with E-state index in [0.29, 0.717) is 28.4 Å². The molecule has 1 aliphatic carbocycles. The summed E-state index contributed by atoms with van der Waals surface area (Å²) in [6, 6.07) is 7.74. The second-order valence-corrected chi connectivity index (χ2v) is 9.60. The molecule has 36 heavy (non-hydrogen) atoms. The van der Waals surface area contributed by atoms with E-state index in [-0.39, 0.29) is 35.0 Å². The van der Waals surface area contributed by atoms with Gasteiger partial charge in [-0.15, -0.1) is 0 Å². The third-order valence-corrected chi connectivity index (χ3v) is 7.32. The highest BCUT2D eigenvalue weighted by molar-refractivity contribution is 6.00. The largest absolute Gasteiger partial charge is 0.496 e. The average molecular weight is 490 g/mol. The van der Waals surface area contributed by atoms with Gasteiger partial charge in [0.1, 0.15) is 22.8 Å². The summed E-state index contributed by atoms with van der Waals surface area (Å²) in [6.07, 6.45) is 6.61. The smallest absolute Gasteiger partial charge is 0.185 e. The molecular weight excluding hydrogens is 464 g/mol. The number of fused-ring (bicyclic) bond motifs is 3. The van der Waals surface area contributed by atoms with Crippen molar-refractivity contribution in [2.75, 3.05) is 18.6 Å². The van der Waals surface area contributed by atoms with Crippen molar-refractivity contribution < 1.29 is 18.3 Å². The first-order valence-electron chi connectivity index (χ1n) is 12.0. The zero-order valence-electron chi connectivity index (χ0n) is 20.0. The molecule has 0 unspecified atom stereocenters. The fourth-order valence-electron chi connectivity index (χ4n) is 5.76. The first kappa shape index (κ1) is 22.6. The van der Waals surface area contributed by atoms with Crippen LogP contribution in [0, 0.1) is 17.6 Å². The highest BCUT2D eigenvalue weighted by Gasteiger charge is 2.39. The van der Waals surface area contributed by atoms with Gasteiger partial charge in [0.25, 0.3) is 0 Å². The fourth-order valence-corrected chi connectivity index (χ4v) is 5.76. The van der Waals surface area contributed by atoms with Crippen molar-refractivity contribution in [1.82, 2.24) is 19.7 Å². The standard InChI is InChI=1S/C27H25F2N5O2/c1-33-14-18-25(32-33)20(29)11-16(26(18)34-13-15-6-7-17(34)10-15)12-22(35)21-8-9-30-27(31-21)24-19(28)4-3-5-23(24)36-2/h3-5,8-9,11,14-15,17H,6-7,10,12-13H2,1-2H3/t15-,17+/m0/s1. The molecule has 4 aromatic rings. The number of ether oxygens (including phenoxy) is 1. The minimum Gasteiger partial charge on any atom is -0.496 e. The number of methoxy groups -OCH3 is 1. The molecule has 1 saturated carbocycles. The number of ketones is 1. The number of carbonyl (C=O) groups excluding carboxylic acids is 1. The molecule has 3 heterocycles. The normalized spacial score (nSPS) is 18.8. The predicted octanol–water partition coefficient (Wildman–Crippen LogP) is 4.73. The van der Waals surface area contributed by atoms with E-state index in [2.05, 4.69) is 20.0 Å². The Labute approximate surface area is 206 Å². The number of hydrogen-bond donors (Lipinski definition) is 0. The highest BCUT2D eigenvalue weighted by atomic mass is 19.1. The number of carbonyl (C=O) groups is 1. The van der Waals surface area contributed by atoms with Gasteiger partial charge in [0.15, 0.2) is 17.4 Å². The molecule has 2 aliphatic rings. The Kier molecular flexibility index (Phi) is 5.43. The topological polar surface area (TPSA) is 73.1 Å². The van der Waals surface area contributed by atoms with Gasteiger partial charge in [-0.3, -0.25) is 9.48 Å². The summed E-state index contributed by atoms with van der Waals surface area (Å²) < 4.78 is 36.6. The molecule has 2 fully saturated rings. The van der Waals surface area contributed by atoms with E-state index in [0.717, 1.165) is 25.1 Å². The zero-order valence-corrected chi connectivity index (χ0v) is 20.0. The van der Waals surface area contributed by atoms with Gasteiger partial charge in [-0.1, -0.05) is 6.07 Å². The molecule has 0 radical (unpaired) electrons. The molecule has 1 saturated heterocycles. The van der Waals surface area contributed by atoms with Crippen molar-refractivity contribution in [1.29, 1.82) is 0 Å². The second-order valence-electron chi connectivity index (χ2n) is 9.60. The molecule has 0 amide bonds. The van der Waals surface area contributed by atoms with E-state index < -0.39 is 11.6 Å². The number of rotatable bonds is 6. The molecule has 1 aliphatic heterocycles. The predicted molar refractivity (Wildman–Crippen MR) is 131 cm³/mol. The Hall–Kier alpha value is -3.88. The van der Waals surface area contributed by atoms with E-state index in [1.54, 1.807) is 17.8 Å². The lowest BCUT2D eigenvalue weighted by atomic mass is 9.99. The van der Waals surface area contributed by atoms with Crippen LogP contribution in [-0.2, 0) is 13.5 Å². The highest BCUT2D eigenvalue weighted by Crippen LogP contribution is 2.44. The maximum atomic E-state index is 15.1. The minimum absolute atomic E-state index is 0.0458. The van der Waals surface area contributed by atoms with Crippen LogP contribution in [-0.4, -0.2) is 45.2 Å². The van der Waals surface area contributed by atoms with Gasteiger partial charge < -0.3 is 9.64 Å². The van der Waals surface area contributed by atoms with Gasteiger partial charge in [-0.05, 0) is 55.0 Å². The molecule has 2 aromatic heterocycles. The summed E-state index contributed by atoms with van der Waals surface area (Å²) in [5, 5.41) is 5.03. The van der Waals surface area contributed by atoms with E-state index >= 15 is 4.39 Å². The third-order valence-electron chi connectivity index (χ3n) is 7.32. The second kappa shape index (κ2) is 8.65. The van der Waals surface area contributed by atoms with Gasteiger partial charge in [0, 0.05) is 43.8 Å². The Balaban J connectivity index is 1.40. The summed E-state index contributed by atoms with van der Waals surface area (Å²) in [5.41, 5.74) is 2.01. The first-order chi connectivity index (χ1) is 17.4. The van der Waals surface area contributed by atoms with Gasteiger partial charge >= 0.3 is 0 Å². The number of nitrogens with zero attached hydrogens (tertiary/aromatic N) is 5. The van der Waals surface area contributed by atoms with Crippen LogP contribution in [0.2, 0.25) is 0 Å². The molecule has 0 N–H and O–H groups in total. The Morgan fingerprint density at radius 2 is 2.06 bits per heavy atom. The summed E-state index contributed by atoms with van der Waals surface area (Å²) >= 11 is 0. The van der Waals surface area contributed by atoms with Crippen LogP contribution in [0.1, 0.15) is 35.3 Å². The van der Waals surface area contributed by atoms with Crippen LogP contribution >= 0.6 is 0 Å². The van der Waals surface area contributed by atoms with Crippen LogP contribution in [0.5, 0.6) is 5.75 Å². The summed E-state index contributed by atoms with van der Waals surface area (Å²) in [5.74, 6) is -0.357. The molecule has 184 valence electrons. The van der Waals surface area contributed by atoms with Gasteiger partial charge in [0.05, 0.1) is 18.4 Å². The van der Waals surface area contributed by atoms with Crippen LogP contribution in [0.3, 0.4) is 0 Å². The number of Topliss-reactive ketones (excluding diaryl/α,β-unsaturated/α-hetero) is 1. The SMILES string of the molecule is COc1cccc(F)c1-c1nccc(C(=O)Cc2cc(F)c3nn(C)cc3c2N2C[C@H]3CC[C@@H]2C3)n1. The fraction of sp³-hybridized carbons (Fsp3) is 0.333. The molecule has 0 spiro atoms. The van der Waals surface area contributed by atoms with Crippen molar-refractivity contribution in [2.24, 2.45) is 13.0 Å². The monoisotopic (exact) mass is 489 g/mol. The minimum atomic E-state index is -0.547. The van der Waals surface area contributed by atoms with Crippen molar-refractivity contribution in [3.8, 4) is 17.1 Å². The number of benzene rings is 2. The summed E-state index contributed by atoms with van der Waals surface area (Å²) in [6.45, 7) is 0.895. The molecule has 7 nitrogen and oxygen atoms in total. The molecular formula is C27H25F2N5O2. The van der Waals surface area contributed by atoms with Crippen LogP contribution in [0.15, 0.2) is 42.7 Å². The van der Waals surface area contributed by atoms with E-state index in [9.17, 15) is 9.18 Å². The summed E-state index contributed by atoms with van der Waals surface area (Å²) in [4.78, 5) is 24.3. The van der Waals surface area contributed by atoms with Crippen molar-refractivity contribution in [3.63, 3.8) is 0 Å². The number of anilines is 1. The van der Waals surface area contributed by atoms with Gasteiger partial charge in [-0.2, -0.15) is 5.10 Å². The Bertz CT molecular complexity index is 1500. The lowest BCUT2D eigenvalue weighted by Gasteiger charge is -2.31. The number of aromatic nitrogens is 4. The first-order valence-corrected chi connectivity index (χ1v) is 12.0. The number of piperidine rings is 1. The molecule has 2 aromatic carbocycles. The summed E-state index contributed by atoms with van der Waals surface area (Å²) in [7, 11) is 3.20. The Morgan fingerprint density at radius 1 is 1.19 bits per heavy atom. The van der Waals surface area contributed by atoms with E-state index in [4.69, 9.17) is 4.74 Å². The third kappa shape index (κ3) is 3.70. The molecule has 2 bridgehead atoms. The van der Waals surface area contributed by atoms with Crippen LogP contribution in [0.4, 0.5) is 14.5 Å². The van der Waals surface area contributed by atoms with E-state index in [1.807, 2.05) is 6.20 Å². The molecule has 6 rings (SSSR count). The lowest BCUT2D eigenvalue weighted by molar-refractivity contribution is 0.0988. The van der Waals surface area contributed by atoms with Gasteiger partial charge in [0.2, 0.25) is 0 Å².